The van der Waals surface area contributed by atoms with Gasteiger partial charge in [-0.1, -0.05) is 50.0 Å². The molecule has 0 saturated heterocycles. The minimum absolute atomic E-state index is 0.186. The Hall–Kier alpha value is -2.64. The summed E-state index contributed by atoms with van der Waals surface area (Å²) in [6.07, 6.45) is 9.56. The number of halogens is 1. The smallest absolute Gasteiger partial charge is 0.338 e. The number of aromatic carboxylic acids is 1. The van der Waals surface area contributed by atoms with Gasteiger partial charge in [0.05, 0.1) is 12.2 Å². The number of rotatable bonds is 9. The number of hydrogen-bond donors (Lipinski definition) is 1. The average Bonchev–Trinajstić information content (AvgIpc) is 2.64. The first-order valence-corrected chi connectivity index (χ1v) is 9.16. The molecule has 0 heterocycles. The number of unbranched alkanes of at least 4 members (excludes halogenated alkanes) is 2. The van der Waals surface area contributed by atoms with Crippen LogP contribution in [0.4, 0.5) is 4.39 Å². The zero-order valence-corrected chi connectivity index (χ0v) is 15.8. The molecule has 0 amide bonds. The minimum Gasteiger partial charge on any atom is -0.478 e. The van der Waals surface area contributed by atoms with E-state index in [1.54, 1.807) is 6.07 Å². The summed E-state index contributed by atoms with van der Waals surface area (Å²) in [5, 5.41) is 8.94. The molecule has 27 heavy (non-hydrogen) atoms. The third-order valence-electron chi connectivity index (χ3n) is 4.51. The molecule has 0 spiro atoms. The van der Waals surface area contributed by atoms with Crippen LogP contribution in [0, 0.1) is 25.1 Å². The summed E-state index contributed by atoms with van der Waals surface area (Å²) in [6, 6.07) is 9.96. The number of carbonyl (C=O) groups is 1. The summed E-state index contributed by atoms with van der Waals surface area (Å²) in [5.41, 5.74) is 3.12. The molecule has 1 unspecified atom stereocenters. The lowest BCUT2D eigenvalue weighted by Gasteiger charge is -2.14. The molecule has 2 aromatic rings. The molecule has 1 N–H and O–H groups in total. The second kappa shape index (κ2) is 9.89. The lowest BCUT2D eigenvalue weighted by atomic mass is 9.97. The van der Waals surface area contributed by atoms with Crippen LogP contribution < -0.4 is 0 Å². The van der Waals surface area contributed by atoms with Gasteiger partial charge in [0.25, 0.3) is 0 Å². The van der Waals surface area contributed by atoms with Gasteiger partial charge >= 0.3 is 5.97 Å². The number of carboxylic acid groups (broad SMARTS) is 1. The van der Waals surface area contributed by atoms with Gasteiger partial charge in [0.2, 0.25) is 0 Å². The van der Waals surface area contributed by atoms with Crippen LogP contribution in [0.2, 0.25) is 0 Å². The normalized spacial score (nSPS) is 11.8. The van der Waals surface area contributed by atoms with Crippen molar-refractivity contribution in [2.24, 2.45) is 0 Å². The van der Waals surface area contributed by atoms with Crippen LogP contribution in [0.15, 0.2) is 36.4 Å². The highest BCUT2D eigenvalue weighted by atomic mass is 19.1. The number of aryl methyl sites for hydroxylation is 1. The van der Waals surface area contributed by atoms with Crippen molar-refractivity contribution in [3.8, 4) is 23.5 Å². The summed E-state index contributed by atoms with van der Waals surface area (Å²) in [7, 11) is 0. The Morgan fingerprint density at radius 3 is 2.63 bits per heavy atom. The SMILES string of the molecule is C#CC(CCCCC)OCc1ccc(-c2ccc(C(=O)O)c(F)c2)c(C)c1. The summed E-state index contributed by atoms with van der Waals surface area (Å²) in [4.78, 5) is 10.9. The van der Waals surface area contributed by atoms with E-state index in [4.69, 9.17) is 16.3 Å². The van der Waals surface area contributed by atoms with Crippen LogP contribution in [0.1, 0.15) is 54.1 Å². The molecule has 0 radical (unpaired) electrons. The molecule has 0 aliphatic carbocycles. The van der Waals surface area contributed by atoms with E-state index in [2.05, 4.69) is 12.8 Å². The number of benzene rings is 2. The molecule has 4 heteroatoms. The van der Waals surface area contributed by atoms with Gasteiger partial charge in [0.1, 0.15) is 11.9 Å². The van der Waals surface area contributed by atoms with Gasteiger partial charge in [0, 0.05) is 0 Å². The Morgan fingerprint density at radius 2 is 2.04 bits per heavy atom. The van der Waals surface area contributed by atoms with E-state index in [1.165, 1.54) is 12.1 Å². The molecule has 0 aromatic heterocycles. The Kier molecular flexibility index (Phi) is 7.57. The molecule has 0 fully saturated rings. The molecule has 2 rings (SSSR count). The van der Waals surface area contributed by atoms with Crippen LogP contribution >= 0.6 is 0 Å². The second-order valence-electron chi connectivity index (χ2n) is 6.61. The molecular weight excluding hydrogens is 343 g/mol. The number of terminal acetylenes is 1. The molecule has 3 nitrogen and oxygen atoms in total. The van der Waals surface area contributed by atoms with E-state index in [1.807, 2.05) is 25.1 Å². The Bertz CT molecular complexity index is 836. The van der Waals surface area contributed by atoms with Gasteiger partial charge < -0.3 is 9.84 Å². The number of carboxylic acids is 1. The monoisotopic (exact) mass is 368 g/mol. The first-order chi connectivity index (χ1) is 13.0. The zero-order valence-electron chi connectivity index (χ0n) is 15.8. The molecule has 0 saturated carbocycles. The van der Waals surface area contributed by atoms with E-state index in [0.29, 0.717) is 12.2 Å². The van der Waals surface area contributed by atoms with Crippen molar-refractivity contribution >= 4 is 5.97 Å². The molecule has 142 valence electrons. The predicted molar refractivity (Wildman–Crippen MR) is 105 cm³/mol. The molecule has 0 aliphatic heterocycles. The fraction of sp³-hybridized carbons (Fsp3) is 0.348. The quantitative estimate of drug-likeness (QED) is 0.463. The standard InChI is InChI=1S/C23H25FO3/c1-4-6-7-8-19(5-2)27-15-17-9-11-20(16(3)13-17)18-10-12-21(23(25)26)22(24)14-18/h2,9-14,19H,4,6-8,15H2,1,3H3,(H,25,26). The van der Waals surface area contributed by atoms with E-state index in [0.717, 1.165) is 42.4 Å². The van der Waals surface area contributed by atoms with Gasteiger partial charge in [-0.2, -0.15) is 0 Å². The van der Waals surface area contributed by atoms with E-state index in [-0.39, 0.29) is 11.7 Å². The highest BCUT2D eigenvalue weighted by molar-refractivity contribution is 5.88. The van der Waals surface area contributed by atoms with Crippen LogP contribution in [0.25, 0.3) is 11.1 Å². The maximum Gasteiger partial charge on any atom is 0.338 e. The molecule has 1 atom stereocenters. The van der Waals surface area contributed by atoms with Crippen molar-refractivity contribution in [1.82, 2.24) is 0 Å². The van der Waals surface area contributed by atoms with Crippen LogP contribution in [0.3, 0.4) is 0 Å². The molecule has 2 aromatic carbocycles. The maximum atomic E-state index is 14.0. The van der Waals surface area contributed by atoms with Crippen molar-refractivity contribution in [3.05, 3.63) is 58.9 Å². The van der Waals surface area contributed by atoms with Crippen molar-refractivity contribution in [2.45, 2.75) is 52.2 Å². The summed E-state index contributed by atoms with van der Waals surface area (Å²) in [6.45, 7) is 4.51. The molecule has 0 bridgehead atoms. The minimum atomic E-state index is -1.27. The third-order valence-corrected chi connectivity index (χ3v) is 4.51. The van der Waals surface area contributed by atoms with Crippen molar-refractivity contribution in [3.63, 3.8) is 0 Å². The second-order valence-corrected chi connectivity index (χ2v) is 6.61. The fourth-order valence-corrected chi connectivity index (χ4v) is 2.99. The average molecular weight is 368 g/mol. The van der Waals surface area contributed by atoms with E-state index >= 15 is 0 Å². The van der Waals surface area contributed by atoms with E-state index in [9.17, 15) is 9.18 Å². The highest BCUT2D eigenvalue weighted by Gasteiger charge is 2.12. The lowest BCUT2D eigenvalue weighted by Crippen LogP contribution is -2.10. The van der Waals surface area contributed by atoms with Gasteiger partial charge in [-0.3, -0.25) is 0 Å². The Morgan fingerprint density at radius 1 is 1.26 bits per heavy atom. The van der Waals surface area contributed by atoms with Gasteiger partial charge in [-0.25, -0.2) is 9.18 Å². The fourth-order valence-electron chi connectivity index (χ4n) is 2.99. The Balaban J connectivity index is 2.08. The van der Waals surface area contributed by atoms with Gasteiger partial charge in [-0.15, -0.1) is 6.42 Å². The number of hydrogen-bond acceptors (Lipinski definition) is 2. The van der Waals surface area contributed by atoms with Gasteiger partial charge in [-0.05, 0) is 54.2 Å². The topological polar surface area (TPSA) is 46.5 Å². The van der Waals surface area contributed by atoms with Gasteiger partial charge in [0.15, 0.2) is 0 Å². The van der Waals surface area contributed by atoms with Crippen molar-refractivity contribution < 1.29 is 19.0 Å². The zero-order chi connectivity index (χ0) is 19.8. The summed E-state index contributed by atoms with van der Waals surface area (Å²) >= 11 is 0. The van der Waals surface area contributed by atoms with Crippen molar-refractivity contribution in [1.29, 1.82) is 0 Å². The van der Waals surface area contributed by atoms with Crippen LogP contribution in [0.5, 0.6) is 0 Å². The molecular formula is C23H25FO3. The first kappa shape index (κ1) is 20.7. The molecule has 0 aliphatic rings. The Labute approximate surface area is 160 Å². The highest BCUT2D eigenvalue weighted by Crippen LogP contribution is 2.26. The largest absolute Gasteiger partial charge is 0.478 e. The number of ether oxygens (including phenoxy) is 1. The van der Waals surface area contributed by atoms with Crippen molar-refractivity contribution in [2.75, 3.05) is 0 Å². The maximum absolute atomic E-state index is 14.0. The lowest BCUT2D eigenvalue weighted by molar-refractivity contribution is 0.0691. The van der Waals surface area contributed by atoms with Crippen LogP contribution in [-0.2, 0) is 11.3 Å². The first-order valence-electron chi connectivity index (χ1n) is 9.16. The van der Waals surface area contributed by atoms with Crippen LogP contribution in [-0.4, -0.2) is 17.2 Å². The predicted octanol–water partition coefficient (Wildman–Crippen LogP) is 5.60. The van der Waals surface area contributed by atoms with E-state index < -0.39 is 11.8 Å². The third kappa shape index (κ3) is 5.67. The summed E-state index contributed by atoms with van der Waals surface area (Å²) in [5.74, 6) is 0.679. The summed E-state index contributed by atoms with van der Waals surface area (Å²) < 4.78 is 19.8.